The SMILES string of the molecule is COc1ccc(NC(=O)c2cc(-c3ccccc3)oc2-c2ccc(C(F)(F)F)cc2)cc1. The fourth-order valence-electron chi connectivity index (χ4n) is 3.20. The van der Waals surface area contributed by atoms with Crippen LogP contribution in [0.3, 0.4) is 0 Å². The number of carbonyl (C=O) groups excluding carboxylic acids is 1. The summed E-state index contributed by atoms with van der Waals surface area (Å²) in [5, 5.41) is 2.79. The van der Waals surface area contributed by atoms with E-state index >= 15 is 0 Å². The average molecular weight is 437 g/mol. The summed E-state index contributed by atoms with van der Waals surface area (Å²) in [6, 6.07) is 22.0. The van der Waals surface area contributed by atoms with Gasteiger partial charge in [-0.2, -0.15) is 13.2 Å². The van der Waals surface area contributed by atoms with Crippen molar-refractivity contribution in [3.8, 4) is 28.4 Å². The molecule has 32 heavy (non-hydrogen) atoms. The van der Waals surface area contributed by atoms with Crippen molar-refractivity contribution in [1.82, 2.24) is 0 Å². The molecule has 0 saturated carbocycles. The summed E-state index contributed by atoms with van der Waals surface area (Å²) in [7, 11) is 1.54. The van der Waals surface area contributed by atoms with Crippen molar-refractivity contribution in [3.63, 3.8) is 0 Å². The Bertz CT molecular complexity index is 1210. The molecule has 0 radical (unpaired) electrons. The predicted molar refractivity (Wildman–Crippen MR) is 116 cm³/mol. The summed E-state index contributed by atoms with van der Waals surface area (Å²) in [5.41, 5.74) is 1.07. The number of amides is 1. The van der Waals surface area contributed by atoms with Gasteiger partial charge >= 0.3 is 6.18 Å². The Balaban J connectivity index is 1.72. The zero-order valence-electron chi connectivity index (χ0n) is 16.9. The summed E-state index contributed by atoms with van der Waals surface area (Å²) in [6.45, 7) is 0. The molecule has 162 valence electrons. The molecule has 1 amide bonds. The van der Waals surface area contributed by atoms with Crippen LogP contribution >= 0.6 is 0 Å². The Kier molecular flexibility index (Phi) is 5.73. The monoisotopic (exact) mass is 437 g/mol. The molecular weight excluding hydrogens is 419 g/mol. The Morgan fingerprint density at radius 3 is 2.12 bits per heavy atom. The lowest BCUT2D eigenvalue weighted by Gasteiger charge is -2.08. The summed E-state index contributed by atoms with van der Waals surface area (Å²) in [6.07, 6.45) is -4.45. The highest BCUT2D eigenvalue weighted by Crippen LogP contribution is 2.35. The average Bonchev–Trinajstić information content (AvgIpc) is 3.25. The molecule has 0 aliphatic rings. The number of halogens is 3. The molecular formula is C25H18F3NO3. The van der Waals surface area contributed by atoms with E-state index in [-0.39, 0.29) is 11.3 Å². The van der Waals surface area contributed by atoms with Crippen LogP contribution in [0.1, 0.15) is 15.9 Å². The molecule has 1 N–H and O–H groups in total. The highest BCUT2D eigenvalue weighted by atomic mass is 19.4. The van der Waals surface area contributed by atoms with Gasteiger partial charge in [-0.1, -0.05) is 42.5 Å². The van der Waals surface area contributed by atoms with E-state index in [1.807, 2.05) is 30.3 Å². The fourth-order valence-corrected chi connectivity index (χ4v) is 3.20. The predicted octanol–water partition coefficient (Wildman–Crippen LogP) is 6.89. The zero-order chi connectivity index (χ0) is 22.7. The number of benzene rings is 3. The lowest BCUT2D eigenvalue weighted by Crippen LogP contribution is -2.12. The van der Waals surface area contributed by atoms with Gasteiger partial charge in [0.05, 0.1) is 18.2 Å². The first-order chi connectivity index (χ1) is 15.3. The first-order valence-electron chi connectivity index (χ1n) is 9.67. The number of rotatable bonds is 5. The van der Waals surface area contributed by atoms with E-state index in [1.165, 1.54) is 12.1 Å². The Labute approximate surface area is 182 Å². The van der Waals surface area contributed by atoms with Gasteiger partial charge in [0.1, 0.15) is 17.3 Å². The summed E-state index contributed by atoms with van der Waals surface area (Å²) in [5.74, 6) is 0.808. The normalized spacial score (nSPS) is 11.2. The Morgan fingerprint density at radius 2 is 1.53 bits per heavy atom. The maximum atomic E-state index is 13.1. The number of alkyl halides is 3. The number of furan rings is 1. The minimum Gasteiger partial charge on any atom is -0.497 e. The number of anilines is 1. The number of hydrogen-bond acceptors (Lipinski definition) is 3. The Morgan fingerprint density at radius 1 is 0.875 bits per heavy atom. The molecule has 0 aliphatic heterocycles. The second-order valence-corrected chi connectivity index (χ2v) is 6.98. The first-order valence-corrected chi connectivity index (χ1v) is 9.67. The van der Waals surface area contributed by atoms with Crippen molar-refractivity contribution in [2.24, 2.45) is 0 Å². The summed E-state index contributed by atoms with van der Waals surface area (Å²) in [4.78, 5) is 13.1. The third-order valence-electron chi connectivity index (χ3n) is 4.86. The van der Waals surface area contributed by atoms with Gasteiger partial charge in [0.2, 0.25) is 0 Å². The molecule has 7 heteroatoms. The third-order valence-corrected chi connectivity index (χ3v) is 4.86. The molecule has 4 rings (SSSR count). The number of carbonyl (C=O) groups is 1. The van der Waals surface area contributed by atoms with E-state index in [0.29, 0.717) is 22.8 Å². The van der Waals surface area contributed by atoms with Crippen LogP contribution in [0.5, 0.6) is 5.75 Å². The van der Waals surface area contributed by atoms with Crippen LogP contribution in [0.4, 0.5) is 18.9 Å². The molecule has 4 aromatic rings. The maximum Gasteiger partial charge on any atom is 0.416 e. The van der Waals surface area contributed by atoms with Gasteiger partial charge in [-0.25, -0.2) is 0 Å². The minimum absolute atomic E-state index is 0.184. The van der Waals surface area contributed by atoms with Gasteiger partial charge in [0.25, 0.3) is 5.91 Å². The second-order valence-electron chi connectivity index (χ2n) is 6.98. The molecule has 3 aromatic carbocycles. The standard InChI is InChI=1S/C25H18F3NO3/c1-31-20-13-11-19(12-14-20)29-24(30)21-15-22(16-5-3-2-4-6-16)32-23(21)17-7-9-18(10-8-17)25(26,27)28/h2-15H,1H3,(H,29,30). The van der Waals surface area contributed by atoms with Crippen molar-refractivity contribution in [3.05, 3.63) is 96.1 Å². The summed E-state index contributed by atoms with van der Waals surface area (Å²) >= 11 is 0. The molecule has 0 fully saturated rings. The van der Waals surface area contributed by atoms with E-state index in [2.05, 4.69) is 5.32 Å². The smallest absolute Gasteiger partial charge is 0.416 e. The van der Waals surface area contributed by atoms with Crippen LogP contribution in [0, 0.1) is 0 Å². The van der Waals surface area contributed by atoms with Gasteiger partial charge in [0, 0.05) is 16.8 Å². The molecule has 0 atom stereocenters. The molecule has 0 bridgehead atoms. The van der Waals surface area contributed by atoms with Gasteiger partial charge in [0.15, 0.2) is 0 Å². The van der Waals surface area contributed by atoms with Crippen LogP contribution in [0.2, 0.25) is 0 Å². The first kappa shape index (κ1) is 21.2. The molecule has 0 aliphatic carbocycles. The number of ether oxygens (including phenoxy) is 1. The van der Waals surface area contributed by atoms with Crippen LogP contribution in [-0.2, 0) is 6.18 Å². The van der Waals surface area contributed by atoms with Crippen LogP contribution in [0.15, 0.2) is 89.3 Å². The Hall–Kier alpha value is -4.00. The van der Waals surface area contributed by atoms with Gasteiger partial charge in [-0.15, -0.1) is 0 Å². The van der Waals surface area contributed by atoms with Gasteiger partial charge in [-0.05, 0) is 42.5 Å². The third kappa shape index (κ3) is 4.51. The van der Waals surface area contributed by atoms with Crippen LogP contribution < -0.4 is 10.1 Å². The van der Waals surface area contributed by atoms with Crippen molar-refractivity contribution < 1.29 is 27.1 Å². The molecule has 0 spiro atoms. The molecule has 1 aromatic heterocycles. The number of methoxy groups -OCH3 is 1. The topological polar surface area (TPSA) is 51.5 Å². The van der Waals surface area contributed by atoms with E-state index in [1.54, 1.807) is 37.4 Å². The van der Waals surface area contributed by atoms with E-state index in [4.69, 9.17) is 9.15 Å². The fraction of sp³-hybridized carbons (Fsp3) is 0.0800. The zero-order valence-corrected chi connectivity index (χ0v) is 16.9. The van der Waals surface area contributed by atoms with Crippen molar-refractivity contribution in [2.45, 2.75) is 6.18 Å². The van der Waals surface area contributed by atoms with E-state index in [9.17, 15) is 18.0 Å². The van der Waals surface area contributed by atoms with Crippen LogP contribution in [-0.4, -0.2) is 13.0 Å². The van der Waals surface area contributed by atoms with E-state index < -0.39 is 17.6 Å². The molecule has 4 nitrogen and oxygen atoms in total. The lowest BCUT2D eigenvalue weighted by atomic mass is 10.1. The van der Waals surface area contributed by atoms with Crippen molar-refractivity contribution in [2.75, 3.05) is 12.4 Å². The highest BCUT2D eigenvalue weighted by molar-refractivity contribution is 6.08. The van der Waals surface area contributed by atoms with E-state index in [0.717, 1.165) is 17.7 Å². The lowest BCUT2D eigenvalue weighted by molar-refractivity contribution is -0.137. The quantitative estimate of drug-likeness (QED) is 0.370. The minimum atomic E-state index is -4.45. The molecule has 0 unspecified atom stereocenters. The second kappa shape index (κ2) is 8.63. The summed E-state index contributed by atoms with van der Waals surface area (Å²) < 4.78 is 49.9. The highest BCUT2D eigenvalue weighted by Gasteiger charge is 2.30. The maximum absolute atomic E-state index is 13.1. The number of hydrogen-bond donors (Lipinski definition) is 1. The van der Waals surface area contributed by atoms with Gasteiger partial charge in [-0.3, -0.25) is 4.79 Å². The largest absolute Gasteiger partial charge is 0.497 e. The van der Waals surface area contributed by atoms with Gasteiger partial charge < -0.3 is 14.5 Å². The van der Waals surface area contributed by atoms with Crippen LogP contribution in [0.25, 0.3) is 22.6 Å². The molecule has 1 heterocycles. The van der Waals surface area contributed by atoms with Crippen molar-refractivity contribution in [1.29, 1.82) is 0 Å². The molecule has 0 saturated heterocycles. The van der Waals surface area contributed by atoms with Crippen molar-refractivity contribution >= 4 is 11.6 Å². The number of nitrogens with one attached hydrogen (secondary N) is 1.